The van der Waals surface area contributed by atoms with Crippen molar-refractivity contribution in [3.8, 4) is 0 Å². The minimum Gasteiger partial charge on any atom is -0.480 e. The molecule has 0 spiro atoms. The molecule has 5 heteroatoms. The van der Waals surface area contributed by atoms with Gasteiger partial charge in [-0.05, 0) is 42.9 Å². The second-order valence-electron chi connectivity index (χ2n) is 5.73. The summed E-state index contributed by atoms with van der Waals surface area (Å²) in [5, 5.41) is 9.34. The molecular formula is C16H22N2O3. The molecule has 0 saturated carbocycles. The maximum Gasteiger partial charge on any atom is 0.326 e. The largest absolute Gasteiger partial charge is 0.480 e. The molecule has 1 saturated heterocycles. The Hall–Kier alpha value is -2.04. The van der Waals surface area contributed by atoms with Crippen LogP contribution in [0.1, 0.15) is 31.7 Å². The number of anilines is 1. The number of nitrogen functional groups attached to an aromatic ring is 1. The number of benzene rings is 1. The minimum absolute atomic E-state index is 0.00701. The summed E-state index contributed by atoms with van der Waals surface area (Å²) in [6.07, 6.45) is 2.63. The van der Waals surface area contributed by atoms with Gasteiger partial charge < -0.3 is 15.7 Å². The molecule has 2 rings (SSSR count). The van der Waals surface area contributed by atoms with E-state index in [0.717, 1.165) is 18.4 Å². The van der Waals surface area contributed by atoms with Crippen LogP contribution < -0.4 is 5.73 Å². The fourth-order valence-corrected chi connectivity index (χ4v) is 2.99. The van der Waals surface area contributed by atoms with Gasteiger partial charge in [-0.15, -0.1) is 0 Å². The van der Waals surface area contributed by atoms with Crippen LogP contribution in [0.25, 0.3) is 0 Å². The molecule has 0 bridgehead atoms. The Morgan fingerprint density at radius 1 is 1.43 bits per heavy atom. The monoisotopic (exact) mass is 290 g/mol. The standard InChI is InChI=1S/C16H22N2O3/c1-11-4-3-9-18(15(11)16(20)21)14(19)8-7-12-5-2-6-13(17)10-12/h2,5-6,10-11,15H,3-4,7-9,17H2,1H3,(H,20,21). The maximum atomic E-state index is 12.3. The molecule has 1 aliphatic rings. The average Bonchev–Trinajstić information content (AvgIpc) is 2.44. The quantitative estimate of drug-likeness (QED) is 0.830. The van der Waals surface area contributed by atoms with Gasteiger partial charge >= 0.3 is 5.97 Å². The first-order valence-electron chi connectivity index (χ1n) is 7.35. The molecule has 1 aromatic carbocycles. The third kappa shape index (κ3) is 3.74. The number of aryl methyl sites for hydroxylation is 1. The molecule has 0 aliphatic carbocycles. The lowest BCUT2D eigenvalue weighted by Crippen LogP contribution is -2.51. The van der Waals surface area contributed by atoms with Crippen LogP contribution in [0.15, 0.2) is 24.3 Å². The first-order chi connectivity index (χ1) is 9.99. The highest BCUT2D eigenvalue weighted by Gasteiger charge is 2.36. The van der Waals surface area contributed by atoms with E-state index in [9.17, 15) is 14.7 Å². The van der Waals surface area contributed by atoms with Crippen molar-refractivity contribution in [2.75, 3.05) is 12.3 Å². The van der Waals surface area contributed by atoms with E-state index in [-0.39, 0.29) is 11.8 Å². The number of likely N-dealkylation sites (tertiary alicyclic amines) is 1. The number of carboxylic acid groups (broad SMARTS) is 1. The van der Waals surface area contributed by atoms with Crippen molar-refractivity contribution in [3.63, 3.8) is 0 Å². The number of carbonyl (C=O) groups is 2. The molecule has 2 atom stereocenters. The summed E-state index contributed by atoms with van der Waals surface area (Å²) in [6.45, 7) is 2.44. The Kier molecular flexibility index (Phi) is 4.83. The van der Waals surface area contributed by atoms with Gasteiger partial charge in [-0.1, -0.05) is 19.1 Å². The van der Waals surface area contributed by atoms with Crippen molar-refractivity contribution < 1.29 is 14.7 Å². The smallest absolute Gasteiger partial charge is 0.326 e. The molecule has 1 aromatic rings. The van der Waals surface area contributed by atoms with Crippen LogP contribution in [0.5, 0.6) is 0 Å². The second-order valence-corrected chi connectivity index (χ2v) is 5.73. The van der Waals surface area contributed by atoms with Gasteiger partial charge in [0.25, 0.3) is 0 Å². The van der Waals surface area contributed by atoms with Crippen molar-refractivity contribution in [1.82, 2.24) is 4.90 Å². The molecule has 3 N–H and O–H groups in total. The molecule has 1 amide bonds. The lowest BCUT2D eigenvalue weighted by atomic mass is 9.90. The lowest BCUT2D eigenvalue weighted by Gasteiger charge is -2.37. The molecular weight excluding hydrogens is 268 g/mol. The zero-order valence-corrected chi connectivity index (χ0v) is 12.3. The van der Waals surface area contributed by atoms with Crippen LogP contribution >= 0.6 is 0 Å². The third-order valence-electron chi connectivity index (χ3n) is 4.09. The molecule has 0 radical (unpaired) electrons. The Morgan fingerprint density at radius 2 is 2.19 bits per heavy atom. The number of piperidine rings is 1. The predicted molar refractivity (Wildman–Crippen MR) is 80.7 cm³/mol. The van der Waals surface area contributed by atoms with Gasteiger partial charge in [0, 0.05) is 18.7 Å². The summed E-state index contributed by atoms with van der Waals surface area (Å²) in [6, 6.07) is 6.75. The van der Waals surface area contributed by atoms with Crippen molar-refractivity contribution in [2.45, 2.75) is 38.6 Å². The summed E-state index contributed by atoms with van der Waals surface area (Å²) in [7, 11) is 0. The van der Waals surface area contributed by atoms with Gasteiger partial charge in [0.05, 0.1) is 0 Å². The van der Waals surface area contributed by atoms with Crippen LogP contribution in [0.3, 0.4) is 0 Å². The lowest BCUT2D eigenvalue weighted by molar-refractivity contribution is -0.154. The molecule has 1 fully saturated rings. The van der Waals surface area contributed by atoms with E-state index in [1.54, 1.807) is 6.07 Å². The first-order valence-corrected chi connectivity index (χ1v) is 7.35. The van der Waals surface area contributed by atoms with E-state index in [4.69, 9.17) is 5.73 Å². The van der Waals surface area contributed by atoms with E-state index >= 15 is 0 Å². The Morgan fingerprint density at radius 3 is 2.86 bits per heavy atom. The number of hydrogen-bond donors (Lipinski definition) is 2. The zero-order valence-electron chi connectivity index (χ0n) is 12.3. The highest BCUT2D eigenvalue weighted by Crippen LogP contribution is 2.24. The number of nitrogens with zero attached hydrogens (tertiary/aromatic N) is 1. The summed E-state index contributed by atoms with van der Waals surface area (Å²) < 4.78 is 0. The maximum absolute atomic E-state index is 12.3. The molecule has 0 aromatic heterocycles. The fourth-order valence-electron chi connectivity index (χ4n) is 2.99. The molecule has 1 heterocycles. The number of rotatable bonds is 4. The van der Waals surface area contributed by atoms with Crippen molar-refractivity contribution in [2.24, 2.45) is 5.92 Å². The summed E-state index contributed by atoms with van der Waals surface area (Å²) >= 11 is 0. The average molecular weight is 290 g/mol. The summed E-state index contributed by atoms with van der Waals surface area (Å²) in [5.74, 6) is -0.983. The summed E-state index contributed by atoms with van der Waals surface area (Å²) in [5.41, 5.74) is 7.39. The molecule has 2 unspecified atom stereocenters. The fraction of sp³-hybridized carbons (Fsp3) is 0.500. The molecule has 1 aliphatic heterocycles. The number of amides is 1. The number of aliphatic carboxylic acids is 1. The Labute approximate surface area is 124 Å². The van der Waals surface area contributed by atoms with Crippen LogP contribution in [-0.4, -0.2) is 34.5 Å². The molecule has 21 heavy (non-hydrogen) atoms. The minimum atomic E-state index is -0.903. The number of carbonyl (C=O) groups excluding carboxylic acids is 1. The number of hydrogen-bond acceptors (Lipinski definition) is 3. The van der Waals surface area contributed by atoms with Gasteiger partial charge in [0.2, 0.25) is 5.91 Å². The zero-order chi connectivity index (χ0) is 15.4. The van der Waals surface area contributed by atoms with Crippen molar-refractivity contribution in [1.29, 1.82) is 0 Å². The van der Waals surface area contributed by atoms with Gasteiger partial charge in [-0.3, -0.25) is 4.79 Å². The second kappa shape index (κ2) is 6.61. The van der Waals surface area contributed by atoms with E-state index in [2.05, 4.69) is 0 Å². The summed E-state index contributed by atoms with van der Waals surface area (Å²) in [4.78, 5) is 25.3. The molecule has 5 nitrogen and oxygen atoms in total. The first kappa shape index (κ1) is 15.4. The number of carboxylic acids is 1. The van der Waals surface area contributed by atoms with Gasteiger partial charge in [-0.25, -0.2) is 4.79 Å². The third-order valence-corrected chi connectivity index (χ3v) is 4.09. The predicted octanol–water partition coefficient (Wildman–Crippen LogP) is 1.91. The van der Waals surface area contributed by atoms with Gasteiger partial charge in [0.1, 0.15) is 6.04 Å². The van der Waals surface area contributed by atoms with Crippen LogP contribution in [0, 0.1) is 5.92 Å². The Balaban J connectivity index is 2.00. The van der Waals surface area contributed by atoms with E-state index in [0.29, 0.717) is 25.1 Å². The van der Waals surface area contributed by atoms with Gasteiger partial charge in [0.15, 0.2) is 0 Å². The van der Waals surface area contributed by atoms with E-state index in [1.165, 1.54) is 4.90 Å². The highest BCUT2D eigenvalue weighted by atomic mass is 16.4. The van der Waals surface area contributed by atoms with E-state index in [1.807, 2.05) is 25.1 Å². The van der Waals surface area contributed by atoms with Gasteiger partial charge in [-0.2, -0.15) is 0 Å². The van der Waals surface area contributed by atoms with Crippen molar-refractivity contribution >= 4 is 17.6 Å². The number of nitrogens with two attached hydrogens (primary N) is 1. The van der Waals surface area contributed by atoms with E-state index < -0.39 is 12.0 Å². The highest BCUT2D eigenvalue weighted by molar-refractivity contribution is 5.84. The van der Waals surface area contributed by atoms with Crippen LogP contribution in [-0.2, 0) is 16.0 Å². The van der Waals surface area contributed by atoms with Crippen LogP contribution in [0.2, 0.25) is 0 Å². The normalized spacial score (nSPS) is 22.0. The van der Waals surface area contributed by atoms with Crippen LogP contribution in [0.4, 0.5) is 5.69 Å². The topological polar surface area (TPSA) is 83.6 Å². The SMILES string of the molecule is CC1CCCN(C(=O)CCc2cccc(N)c2)C1C(=O)O. The molecule has 114 valence electrons. The van der Waals surface area contributed by atoms with Crippen molar-refractivity contribution in [3.05, 3.63) is 29.8 Å². The Bertz CT molecular complexity index is 530.